The smallest absolute Gasteiger partial charge is 0.263 e. The molecule has 0 aromatic heterocycles. The summed E-state index contributed by atoms with van der Waals surface area (Å²) >= 11 is 12.3. The number of hydrogen-bond acceptors (Lipinski definition) is 5. The van der Waals surface area contributed by atoms with Gasteiger partial charge in [-0.25, -0.2) is 4.39 Å². The maximum Gasteiger partial charge on any atom is 0.263 e. The minimum atomic E-state index is -0.533. The molecule has 1 heterocycles. The number of para-hydroxylation sites is 1. The second kappa shape index (κ2) is 8.51. The van der Waals surface area contributed by atoms with Crippen molar-refractivity contribution in [2.24, 2.45) is 0 Å². The molecule has 0 spiro atoms. The number of carbonyl (C=O) groups excluding carboxylic acids is 2. The van der Waals surface area contributed by atoms with E-state index in [1.165, 1.54) is 30.0 Å². The van der Waals surface area contributed by atoms with Crippen molar-refractivity contribution >= 4 is 63.5 Å². The van der Waals surface area contributed by atoms with Gasteiger partial charge in [0.2, 0.25) is 0 Å². The summed E-state index contributed by atoms with van der Waals surface area (Å²) in [6.45, 7) is -0.332. The fourth-order valence-corrected chi connectivity index (χ4v) is 3.48. The molecular weight excluding hydrogens is 411 g/mol. The predicted molar refractivity (Wildman–Crippen MR) is 108 cm³/mol. The number of ether oxygens (including phenoxy) is 1. The zero-order valence-corrected chi connectivity index (χ0v) is 16.0. The van der Waals surface area contributed by atoms with Gasteiger partial charge in [-0.05, 0) is 35.9 Å². The Hall–Kier alpha value is -2.42. The first kappa shape index (κ1) is 19.3. The molecule has 0 aliphatic carbocycles. The van der Waals surface area contributed by atoms with Crippen molar-refractivity contribution < 1.29 is 18.7 Å². The van der Waals surface area contributed by atoms with Gasteiger partial charge in [0.05, 0.1) is 15.6 Å². The lowest BCUT2D eigenvalue weighted by molar-refractivity contribution is -0.118. The van der Waals surface area contributed by atoms with Crippen LogP contribution in [0, 0.1) is 5.82 Å². The number of benzene rings is 2. The maximum atomic E-state index is 13.5. The highest BCUT2D eigenvalue weighted by Gasteiger charge is 2.22. The third kappa shape index (κ3) is 5.06. The lowest BCUT2D eigenvalue weighted by Crippen LogP contribution is -2.20. The molecule has 1 fully saturated rings. The Bertz CT molecular complexity index is 965. The van der Waals surface area contributed by atoms with E-state index in [0.29, 0.717) is 20.5 Å². The number of hydrogen-bond donors (Lipinski definition) is 2. The van der Waals surface area contributed by atoms with Gasteiger partial charge in [0.1, 0.15) is 15.9 Å². The zero-order valence-electron chi connectivity index (χ0n) is 13.6. The van der Waals surface area contributed by atoms with Crippen molar-refractivity contribution in [2.75, 3.05) is 11.9 Å². The van der Waals surface area contributed by atoms with Crippen LogP contribution in [-0.4, -0.2) is 22.7 Å². The van der Waals surface area contributed by atoms with Gasteiger partial charge in [0.15, 0.2) is 6.61 Å². The number of halogens is 2. The minimum Gasteiger partial charge on any atom is -0.482 e. The number of carbonyl (C=O) groups is 2. The van der Waals surface area contributed by atoms with E-state index >= 15 is 0 Å². The van der Waals surface area contributed by atoms with Gasteiger partial charge in [-0.1, -0.05) is 53.8 Å². The molecule has 0 radical (unpaired) electrons. The molecule has 2 aromatic rings. The third-order valence-corrected chi connectivity index (χ3v) is 4.86. The van der Waals surface area contributed by atoms with Gasteiger partial charge in [0.25, 0.3) is 11.8 Å². The lowest BCUT2D eigenvalue weighted by atomic mass is 10.2. The number of rotatable bonds is 5. The average molecular weight is 423 g/mol. The molecule has 9 heteroatoms. The van der Waals surface area contributed by atoms with Crippen molar-refractivity contribution in [1.82, 2.24) is 5.32 Å². The van der Waals surface area contributed by atoms with Crippen molar-refractivity contribution in [2.45, 2.75) is 0 Å². The maximum absolute atomic E-state index is 13.5. The standard InChI is InChI=1S/C18H12ClFN2O3S2/c19-11-7-10(8-15-17(24)22-18(26)27-15)5-6-14(11)25-9-16(23)21-13-4-2-1-3-12(13)20/h1-8H,9H2,(H,21,23)(H,22,24,26)/b15-8+. The molecule has 138 valence electrons. The zero-order chi connectivity index (χ0) is 19.4. The van der Waals surface area contributed by atoms with Crippen LogP contribution in [0.3, 0.4) is 0 Å². The number of thioether (sulfide) groups is 1. The Morgan fingerprint density at radius 3 is 2.78 bits per heavy atom. The van der Waals surface area contributed by atoms with Crippen LogP contribution in [0.25, 0.3) is 6.08 Å². The number of anilines is 1. The Balaban J connectivity index is 1.62. The van der Waals surface area contributed by atoms with Gasteiger partial charge in [-0.3, -0.25) is 9.59 Å². The van der Waals surface area contributed by atoms with E-state index < -0.39 is 11.7 Å². The first-order valence-corrected chi connectivity index (χ1v) is 9.24. The van der Waals surface area contributed by atoms with Crippen molar-refractivity contribution in [3.8, 4) is 5.75 Å². The summed E-state index contributed by atoms with van der Waals surface area (Å²) in [6, 6.07) is 10.7. The molecule has 0 bridgehead atoms. The molecule has 5 nitrogen and oxygen atoms in total. The molecule has 0 atom stereocenters. The number of thiocarbonyl (C=S) groups is 1. The van der Waals surface area contributed by atoms with E-state index in [1.807, 2.05) is 0 Å². The topological polar surface area (TPSA) is 67.4 Å². The van der Waals surface area contributed by atoms with Crippen LogP contribution in [-0.2, 0) is 9.59 Å². The van der Waals surface area contributed by atoms with E-state index in [-0.39, 0.29) is 23.2 Å². The molecule has 2 aromatic carbocycles. The van der Waals surface area contributed by atoms with Crippen LogP contribution in [0.1, 0.15) is 5.56 Å². The molecule has 2 N–H and O–H groups in total. The van der Waals surface area contributed by atoms with Crippen LogP contribution in [0.15, 0.2) is 47.4 Å². The van der Waals surface area contributed by atoms with E-state index in [9.17, 15) is 14.0 Å². The summed E-state index contributed by atoms with van der Waals surface area (Å²) < 4.78 is 19.3. The molecular formula is C18H12ClFN2O3S2. The average Bonchev–Trinajstić information content (AvgIpc) is 2.93. The van der Waals surface area contributed by atoms with E-state index in [2.05, 4.69) is 10.6 Å². The predicted octanol–water partition coefficient (Wildman–Crippen LogP) is 3.99. The Kier molecular flexibility index (Phi) is 6.10. The van der Waals surface area contributed by atoms with E-state index in [1.54, 1.807) is 30.3 Å². The Labute approximate surface area is 168 Å². The van der Waals surface area contributed by atoms with E-state index in [0.717, 1.165) is 0 Å². The Morgan fingerprint density at radius 2 is 2.11 bits per heavy atom. The molecule has 0 unspecified atom stereocenters. The fraction of sp³-hybridized carbons (Fsp3) is 0.0556. The first-order chi connectivity index (χ1) is 12.9. The second-order valence-corrected chi connectivity index (χ2v) is 7.48. The molecule has 1 aliphatic rings. The lowest BCUT2D eigenvalue weighted by Gasteiger charge is -2.10. The van der Waals surface area contributed by atoms with Crippen molar-refractivity contribution in [3.63, 3.8) is 0 Å². The molecule has 3 rings (SSSR count). The fourth-order valence-electron chi connectivity index (χ4n) is 2.19. The van der Waals surface area contributed by atoms with E-state index in [4.69, 9.17) is 28.6 Å². The molecule has 27 heavy (non-hydrogen) atoms. The monoisotopic (exact) mass is 422 g/mol. The molecule has 1 aliphatic heterocycles. The summed E-state index contributed by atoms with van der Waals surface area (Å²) in [7, 11) is 0. The summed E-state index contributed by atoms with van der Waals surface area (Å²) in [6.07, 6.45) is 1.65. The summed E-state index contributed by atoms with van der Waals surface area (Å²) in [5.41, 5.74) is 0.759. The highest BCUT2D eigenvalue weighted by atomic mass is 35.5. The molecule has 2 amide bonds. The first-order valence-electron chi connectivity index (χ1n) is 7.64. The summed E-state index contributed by atoms with van der Waals surface area (Å²) in [4.78, 5) is 24.0. The van der Waals surface area contributed by atoms with Crippen LogP contribution in [0.5, 0.6) is 5.75 Å². The van der Waals surface area contributed by atoms with Crippen molar-refractivity contribution in [1.29, 1.82) is 0 Å². The van der Waals surface area contributed by atoms with Gasteiger partial charge in [0, 0.05) is 0 Å². The van der Waals surface area contributed by atoms with Crippen LogP contribution in [0.2, 0.25) is 5.02 Å². The van der Waals surface area contributed by atoms with Crippen molar-refractivity contribution in [3.05, 3.63) is 63.8 Å². The normalized spacial score (nSPS) is 15.0. The van der Waals surface area contributed by atoms with Gasteiger partial charge in [-0.2, -0.15) is 0 Å². The van der Waals surface area contributed by atoms with Crippen LogP contribution in [0.4, 0.5) is 10.1 Å². The van der Waals surface area contributed by atoms with Gasteiger partial charge in [-0.15, -0.1) is 0 Å². The SMILES string of the molecule is O=C(COc1ccc(/C=C2/SC(=S)NC2=O)cc1Cl)Nc1ccccc1F. The van der Waals surface area contributed by atoms with Gasteiger partial charge < -0.3 is 15.4 Å². The van der Waals surface area contributed by atoms with Crippen LogP contribution < -0.4 is 15.4 Å². The molecule has 0 saturated carbocycles. The molecule has 1 saturated heterocycles. The highest BCUT2D eigenvalue weighted by Crippen LogP contribution is 2.30. The number of nitrogens with one attached hydrogen (secondary N) is 2. The van der Waals surface area contributed by atoms with Gasteiger partial charge >= 0.3 is 0 Å². The minimum absolute atomic E-state index is 0.0735. The summed E-state index contributed by atoms with van der Waals surface area (Å²) in [5.74, 6) is -1.02. The second-order valence-electron chi connectivity index (χ2n) is 5.36. The summed E-state index contributed by atoms with van der Waals surface area (Å²) in [5, 5.41) is 5.22. The van der Waals surface area contributed by atoms with Crippen LogP contribution >= 0.6 is 35.6 Å². The largest absolute Gasteiger partial charge is 0.482 e. The highest BCUT2D eigenvalue weighted by molar-refractivity contribution is 8.26. The third-order valence-electron chi connectivity index (χ3n) is 3.40. The quantitative estimate of drug-likeness (QED) is 0.563. The number of amides is 2. The Morgan fingerprint density at radius 1 is 1.33 bits per heavy atom.